The molecule has 5 aromatic rings. The standard InChI is InChI=1S/C26H18ClN3OS/c1-16-23(25(31)30-26-29-22(15-32-26)17-7-3-2-4-8-17)20-9-5-6-10-21(20)28-24(16)18-11-13-19(27)14-12-18/h2-15H,1H3,(H,29,30,31). The summed E-state index contributed by atoms with van der Waals surface area (Å²) in [4.78, 5) is 22.9. The highest BCUT2D eigenvalue weighted by Gasteiger charge is 2.20. The van der Waals surface area contributed by atoms with Crippen LogP contribution in [0.15, 0.2) is 84.2 Å². The molecule has 32 heavy (non-hydrogen) atoms. The molecular weight excluding hydrogens is 438 g/mol. The second-order valence-electron chi connectivity index (χ2n) is 7.34. The molecule has 0 saturated heterocycles. The van der Waals surface area contributed by atoms with Crippen molar-refractivity contribution in [3.8, 4) is 22.5 Å². The van der Waals surface area contributed by atoms with Gasteiger partial charge in [-0.15, -0.1) is 11.3 Å². The number of rotatable bonds is 4. The molecule has 1 amide bonds. The summed E-state index contributed by atoms with van der Waals surface area (Å²) in [5, 5.41) is 6.95. The summed E-state index contributed by atoms with van der Waals surface area (Å²) in [7, 11) is 0. The Bertz CT molecular complexity index is 1430. The van der Waals surface area contributed by atoms with Gasteiger partial charge in [0.25, 0.3) is 5.91 Å². The second-order valence-corrected chi connectivity index (χ2v) is 8.64. The van der Waals surface area contributed by atoms with Crippen LogP contribution >= 0.6 is 22.9 Å². The molecule has 3 aromatic carbocycles. The molecule has 0 radical (unpaired) electrons. The Kier molecular flexibility index (Phi) is 5.43. The van der Waals surface area contributed by atoms with Gasteiger partial charge in [0.05, 0.1) is 22.5 Å². The van der Waals surface area contributed by atoms with Crippen molar-refractivity contribution in [1.29, 1.82) is 0 Å². The maximum atomic E-state index is 13.4. The van der Waals surface area contributed by atoms with E-state index in [9.17, 15) is 4.79 Å². The summed E-state index contributed by atoms with van der Waals surface area (Å²) in [5.41, 5.74) is 5.68. The van der Waals surface area contributed by atoms with Gasteiger partial charge in [0.2, 0.25) is 0 Å². The van der Waals surface area contributed by atoms with Crippen LogP contribution in [-0.4, -0.2) is 15.9 Å². The van der Waals surface area contributed by atoms with E-state index in [2.05, 4.69) is 10.3 Å². The number of nitrogens with one attached hydrogen (secondary N) is 1. The van der Waals surface area contributed by atoms with Crippen molar-refractivity contribution in [1.82, 2.24) is 9.97 Å². The number of anilines is 1. The van der Waals surface area contributed by atoms with Gasteiger partial charge in [-0.25, -0.2) is 9.97 Å². The number of amides is 1. The molecular formula is C26H18ClN3OS. The summed E-state index contributed by atoms with van der Waals surface area (Å²) >= 11 is 7.47. The predicted molar refractivity (Wildman–Crippen MR) is 132 cm³/mol. The Hall–Kier alpha value is -3.54. The first-order valence-electron chi connectivity index (χ1n) is 10.1. The fourth-order valence-electron chi connectivity index (χ4n) is 3.72. The number of carbonyl (C=O) groups is 1. The summed E-state index contributed by atoms with van der Waals surface area (Å²) in [6.45, 7) is 1.93. The monoisotopic (exact) mass is 455 g/mol. The molecule has 156 valence electrons. The lowest BCUT2D eigenvalue weighted by Crippen LogP contribution is -2.15. The third-order valence-corrected chi connectivity index (χ3v) is 6.28. The highest BCUT2D eigenvalue weighted by molar-refractivity contribution is 7.14. The minimum atomic E-state index is -0.203. The van der Waals surface area contributed by atoms with Gasteiger partial charge in [0, 0.05) is 26.9 Å². The lowest BCUT2D eigenvalue weighted by Gasteiger charge is -2.14. The zero-order chi connectivity index (χ0) is 22.1. The molecule has 2 aromatic heterocycles. The van der Waals surface area contributed by atoms with Crippen LogP contribution in [0.3, 0.4) is 0 Å². The van der Waals surface area contributed by atoms with Gasteiger partial charge < -0.3 is 0 Å². The molecule has 0 aliphatic heterocycles. The molecule has 0 unspecified atom stereocenters. The van der Waals surface area contributed by atoms with E-state index >= 15 is 0 Å². The van der Waals surface area contributed by atoms with Crippen LogP contribution in [0, 0.1) is 6.92 Å². The Labute approximate surface area is 194 Å². The highest BCUT2D eigenvalue weighted by Crippen LogP contribution is 2.32. The molecule has 0 fully saturated rings. The maximum Gasteiger partial charge on any atom is 0.258 e. The van der Waals surface area contributed by atoms with Crippen molar-refractivity contribution in [3.63, 3.8) is 0 Å². The van der Waals surface area contributed by atoms with Gasteiger partial charge in [-0.3, -0.25) is 10.1 Å². The third-order valence-electron chi connectivity index (χ3n) is 5.27. The second kappa shape index (κ2) is 8.54. The van der Waals surface area contributed by atoms with E-state index in [0.717, 1.165) is 39.0 Å². The number of nitrogens with zero attached hydrogens (tertiary/aromatic N) is 2. The van der Waals surface area contributed by atoms with Crippen LogP contribution in [0.1, 0.15) is 15.9 Å². The van der Waals surface area contributed by atoms with Crippen molar-refractivity contribution in [2.45, 2.75) is 6.92 Å². The number of fused-ring (bicyclic) bond motifs is 1. The van der Waals surface area contributed by atoms with E-state index in [0.29, 0.717) is 15.7 Å². The van der Waals surface area contributed by atoms with Crippen molar-refractivity contribution in [2.75, 3.05) is 5.32 Å². The minimum Gasteiger partial charge on any atom is -0.298 e. The largest absolute Gasteiger partial charge is 0.298 e. The molecule has 0 saturated carbocycles. The average Bonchev–Trinajstić information content (AvgIpc) is 3.28. The molecule has 5 rings (SSSR count). The normalized spacial score (nSPS) is 10.9. The van der Waals surface area contributed by atoms with Crippen LogP contribution in [0.4, 0.5) is 5.13 Å². The molecule has 6 heteroatoms. The average molecular weight is 456 g/mol. The van der Waals surface area contributed by atoms with Crippen LogP contribution < -0.4 is 5.32 Å². The molecule has 0 aliphatic carbocycles. The molecule has 4 nitrogen and oxygen atoms in total. The summed E-state index contributed by atoms with van der Waals surface area (Å²) < 4.78 is 0. The van der Waals surface area contributed by atoms with Gasteiger partial charge in [-0.1, -0.05) is 72.3 Å². The van der Waals surface area contributed by atoms with Gasteiger partial charge in [-0.2, -0.15) is 0 Å². The number of para-hydroxylation sites is 1. The summed E-state index contributed by atoms with van der Waals surface area (Å²) in [6, 6.07) is 25.1. The molecule has 0 atom stereocenters. The molecule has 0 bridgehead atoms. The van der Waals surface area contributed by atoms with E-state index in [1.807, 2.05) is 91.2 Å². The van der Waals surface area contributed by atoms with Gasteiger partial charge in [0.15, 0.2) is 5.13 Å². The summed E-state index contributed by atoms with van der Waals surface area (Å²) in [5.74, 6) is -0.203. The van der Waals surface area contributed by atoms with Crippen LogP contribution in [0.25, 0.3) is 33.4 Å². The van der Waals surface area contributed by atoms with Crippen LogP contribution in [0.2, 0.25) is 5.02 Å². The Morgan fingerprint density at radius 3 is 2.38 bits per heavy atom. The number of aromatic nitrogens is 2. The lowest BCUT2D eigenvalue weighted by atomic mass is 9.97. The fraction of sp³-hybridized carbons (Fsp3) is 0.0385. The first kappa shape index (κ1) is 20.4. The number of hydrogen-bond acceptors (Lipinski definition) is 4. The van der Waals surface area contributed by atoms with E-state index in [-0.39, 0.29) is 5.91 Å². The van der Waals surface area contributed by atoms with E-state index in [1.165, 1.54) is 11.3 Å². The molecule has 2 heterocycles. The van der Waals surface area contributed by atoms with E-state index in [1.54, 1.807) is 0 Å². The van der Waals surface area contributed by atoms with Crippen molar-refractivity contribution in [2.24, 2.45) is 0 Å². The topological polar surface area (TPSA) is 54.9 Å². The molecule has 0 spiro atoms. The molecule has 0 aliphatic rings. The first-order chi connectivity index (χ1) is 15.6. The third kappa shape index (κ3) is 3.88. The maximum absolute atomic E-state index is 13.4. The van der Waals surface area contributed by atoms with Crippen molar-refractivity contribution >= 4 is 44.9 Å². The first-order valence-corrected chi connectivity index (χ1v) is 11.3. The van der Waals surface area contributed by atoms with Crippen molar-refractivity contribution < 1.29 is 4.79 Å². The lowest BCUT2D eigenvalue weighted by molar-refractivity contribution is 0.102. The summed E-state index contributed by atoms with van der Waals surface area (Å²) in [6.07, 6.45) is 0. The van der Waals surface area contributed by atoms with E-state index in [4.69, 9.17) is 16.6 Å². The SMILES string of the molecule is Cc1c(-c2ccc(Cl)cc2)nc2ccccc2c1C(=O)Nc1nc(-c2ccccc2)cs1. The number of halogens is 1. The predicted octanol–water partition coefficient (Wildman–Crippen LogP) is 7.24. The number of carbonyl (C=O) groups excluding carboxylic acids is 1. The van der Waals surface area contributed by atoms with Gasteiger partial charge in [-0.05, 0) is 30.7 Å². The fourth-order valence-corrected chi connectivity index (χ4v) is 4.56. The van der Waals surface area contributed by atoms with Crippen LogP contribution in [-0.2, 0) is 0 Å². The van der Waals surface area contributed by atoms with Gasteiger partial charge in [0.1, 0.15) is 0 Å². The highest BCUT2D eigenvalue weighted by atomic mass is 35.5. The van der Waals surface area contributed by atoms with Crippen LogP contribution in [0.5, 0.6) is 0 Å². The quantitative estimate of drug-likeness (QED) is 0.310. The number of thiazole rings is 1. The minimum absolute atomic E-state index is 0.203. The number of benzene rings is 3. The molecule has 1 N–H and O–H groups in total. The zero-order valence-corrected chi connectivity index (χ0v) is 18.7. The zero-order valence-electron chi connectivity index (χ0n) is 17.2. The van der Waals surface area contributed by atoms with Crippen molar-refractivity contribution in [3.05, 3.63) is 100 Å². The number of pyridine rings is 1. The Balaban J connectivity index is 1.56. The Morgan fingerprint density at radius 2 is 1.59 bits per heavy atom. The Morgan fingerprint density at radius 1 is 0.875 bits per heavy atom. The van der Waals surface area contributed by atoms with E-state index < -0.39 is 0 Å². The number of hydrogen-bond donors (Lipinski definition) is 1. The smallest absolute Gasteiger partial charge is 0.258 e. The van der Waals surface area contributed by atoms with Gasteiger partial charge >= 0.3 is 0 Å².